The topological polar surface area (TPSA) is 104 Å². The van der Waals surface area contributed by atoms with Gasteiger partial charge >= 0.3 is 0 Å². The summed E-state index contributed by atoms with van der Waals surface area (Å²) in [5.74, 6) is 2.03. The van der Waals surface area contributed by atoms with Crippen LogP contribution in [0.1, 0.15) is 36.3 Å². The molecule has 0 radical (unpaired) electrons. The van der Waals surface area contributed by atoms with Gasteiger partial charge in [0.05, 0.1) is 12.8 Å². The lowest BCUT2D eigenvalue weighted by atomic mass is 10.1. The van der Waals surface area contributed by atoms with Crippen molar-refractivity contribution in [2.75, 3.05) is 13.7 Å². The summed E-state index contributed by atoms with van der Waals surface area (Å²) in [7, 11) is 1.62. The van der Waals surface area contributed by atoms with E-state index in [0.29, 0.717) is 24.0 Å². The maximum atomic E-state index is 6.44. The molecular weight excluding hydrogens is 354 g/mol. The molecule has 0 spiro atoms. The van der Waals surface area contributed by atoms with Crippen LogP contribution in [0.5, 0.6) is 5.88 Å². The lowest BCUT2D eigenvalue weighted by molar-refractivity contribution is 0.397. The van der Waals surface area contributed by atoms with Crippen LogP contribution in [0, 0.1) is 12.8 Å². The Morgan fingerprint density at radius 1 is 1.36 bits per heavy atom. The number of hydrogen-bond donors (Lipinski definition) is 1. The van der Waals surface area contributed by atoms with E-state index in [1.54, 1.807) is 17.8 Å². The van der Waals surface area contributed by atoms with E-state index in [9.17, 15) is 0 Å². The number of ether oxygens (including phenoxy) is 1. The van der Waals surface area contributed by atoms with Gasteiger partial charge in [0, 0.05) is 30.4 Å². The predicted octanol–water partition coefficient (Wildman–Crippen LogP) is 2.29. The summed E-state index contributed by atoms with van der Waals surface area (Å²) in [4.78, 5) is 8.77. The molecule has 0 aromatic carbocycles. The smallest absolute Gasteiger partial charge is 0.213 e. The number of nitrogens with zero attached hydrogens (tertiary/aromatic N) is 6. The molecule has 0 amide bonds. The van der Waals surface area contributed by atoms with Gasteiger partial charge in [-0.15, -0.1) is 10.2 Å². The molecule has 0 aliphatic heterocycles. The number of hydrogen-bond acceptors (Lipinski definition) is 7. The van der Waals surface area contributed by atoms with E-state index < -0.39 is 0 Å². The highest BCUT2D eigenvalue weighted by Crippen LogP contribution is 2.50. The number of aromatic nitrogens is 5. The molecular formula is C20H23N7O. The van der Waals surface area contributed by atoms with Crippen molar-refractivity contribution in [3.8, 4) is 5.88 Å². The Balaban J connectivity index is 1.59. The van der Waals surface area contributed by atoms with Crippen LogP contribution in [-0.4, -0.2) is 44.2 Å². The van der Waals surface area contributed by atoms with Crippen molar-refractivity contribution in [3.05, 3.63) is 59.3 Å². The van der Waals surface area contributed by atoms with Crippen molar-refractivity contribution in [1.82, 2.24) is 24.8 Å². The zero-order valence-electron chi connectivity index (χ0n) is 16.2. The van der Waals surface area contributed by atoms with Crippen molar-refractivity contribution in [1.29, 1.82) is 0 Å². The van der Waals surface area contributed by atoms with Gasteiger partial charge in [-0.25, -0.2) is 4.98 Å². The van der Waals surface area contributed by atoms with Gasteiger partial charge in [0.15, 0.2) is 11.5 Å². The van der Waals surface area contributed by atoms with E-state index in [4.69, 9.17) is 10.5 Å². The molecule has 4 rings (SSSR count). The molecule has 1 aliphatic rings. The fraction of sp³-hybridized carbons (Fsp3) is 0.350. The summed E-state index contributed by atoms with van der Waals surface area (Å²) in [6.07, 6.45) is 4.72. The number of pyridine rings is 1. The third-order valence-electron chi connectivity index (χ3n) is 4.93. The van der Waals surface area contributed by atoms with Gasteiger partial charge in [-0.3, -0.25) is 4.99 Å². The summed E-state index contributed by atoms with van der Waals surface area (Å²) in [5, 5.41) is 12.8. The van der Waals surface area contributed by atoms with Gasteiger partial charge in [0.2, 0.25) is 5.88 Å². The second-order valence-corrected chi connectivity index (χ2v) is 6.82. The Hall–Kier alpha value is -3.29. The normalized spacial score (nSPS) is 19.8. The zero-order valence-corrected chi connectivity index (χ0v) is 16.2. The van der Waals surface area contributed by atoms with E-state index in [1.165, 1.54) is 5.56 Å². The first-order valence-corrected chi connectivity index (χ1v) is 9.31. The van der Waals surface area contributed by atoms with Gasteiger partial charge < -0.3 is 10.5 Å². The standard InChI is InChI=1S/C20H23N7O/c1-4-22-18(17-5-6-19-25-24-12(2)27(19)26-17)11-16(21)15-10-14(15)13-7-8-23-20(9-13)28-3/h5-9,11,14-15H,4,10,21H2,1-3H3/b16-11-,22-18?. The Morgan fingerprint density at radius 3 is 3.00 bits per heavy atom. The minimum atomic E-state index is 0.287. The number of aliphatic imine (C=N–C) groups is 1. The van der Waals surface area contributed by atoms with Crippen LogP contribution >= 0.6 is 0 Å². The van der Waals surface area contributed by atoms with E-state index in [1.807, 2.05) is 44.2 Å². The van der Waals surface area contributed by atoms with Crippen LogP contribution < -0.4 is 10.5 Å². The molecule has 8 heteroatoms. The molecule has 3 aromatic heterocycles. The van der Waals surface area contributed by atoms with Gasteiger partial charge in [0.25, 0.3) is 0 Å². The average Bonchev–Trinajstić information content (AvgIpc) is 3.45. The first-order valence-electron chi connectivity index (χ1n) is 9.31. The summed E-state index contributed by atoms with van der Waals surface area (Å²) < 4.78 is 6.94. The molecule has 8 nitrogen and oxygen atoms in total. The van der Waals surface area contributed by atoms with E-state index in [-0.39, 0.29) is 5.92 Å². The van der Waals surface area contributed by atoms with Gasteiger partial charge in [-0.1, -0.05) is 0 Å². The monoisotopic (exact) mass is 377 g/mol. The van der Waals surface area contributed by atoms with Crippen molar-refractivity contribution < 1.29 is 4.74 Å². The Labute approximate surface area is 163 Å². The molecule has 1 aliphatic carbocycles. The lowest BCUT2D eigenvalue weighted by Gasteiger charge is -2.06. The van der Waals surface area contributed by atoms with Crippen LogP contribution in [0.4, 0.5) is 0 Å². The maximum Gasteiger partial charge on any atom is 0.213 e. The molecule has 3 heterocycles. The van der Waals surface area contributed by atoms with Gasteiger partial charge in [-0.05, 0) is 56.0 Å². The Bertz CT molecular complexity index is 1070. The lowest BCUT2D eigenvalue weighted by Crippen LogP contribution is -2.10. The zero-order chi connectivity index (χ0) is 19.7. The second kappa shape index (κ2) is 7.38. The van der Waals surface area contributed by atoms with Crippen LogP contribution in [0.3, 0.4) is 0 Å². The third-order valence-corrected chi connectivity index (χ3v) is 4.93. The van der Waals surface area contributed by atoms with Crippen LogP contribution in [0.15, 0.2) is 47.2 Å². The molecule has 2 unspecified atom stereocenters. The third kappa shape index (κ3) is 3.45. The highest BCUT2D eigenvalue weighted by atomic mass is 16.5. The molecule has 3 aromatic rings. The Kier molecular flexibility index (Phi) is 4.77. The van der Waals surface area contributed by atoms with Crippen molar-refractivity contribution >= 4 is 11.4 Å². The van der Waals surface area contributed by atoms with Crippen molar-refractivity contribution in [2.24, 2.45) is 16.6 Å². The Morgan fingerprint density at radius 2 is 2.21 bits per heavy atom. The number of allylic oxidation sites excluding steroid dienone is 2. The molecule has 144 valence electrons. The number of fused-ring (bicyclic) bond motifs is 1. The first kappa shape index (κ1) is 18.1. The van der Waals surface area contributed by atoms with Crippen LogP contribution in [0.2, 0.25) is 0 Å². The number of aryl methyl sites for hydroxylation is 1. The molecule has 1 saturated carbocycles. The van der Waals surface area contributed by atoms with E-state index >= 15 is 0 Å². The van der Waals surface area contributed by atoms with E-state index in [2.05, 4.69) is 25.3 Å². The summed E-state index contributed by atoms with van der Waals surface area (Å²) in [6, 6.07) is 7.79. The predicted molar refractivity (Wildman–Crippen MR) is 107 cm³/mol. The molecule has 0 saturated heterocycles. The van der Waals surface area contributed by atoms with Gasteiger partial charge in [-0.2, -0.15) is 9.61 Å². The minimum absolute atomic E-state index is 0.287. The molecule has 1 fully saturated rings. The summed E-state index contributed by atoms with van der Waals surface area (Å²) >= 11 is 0. The highest BCUT2D eigenvalue weighted by Gasteiger charge is 2.40. The maximum absolute atomic E-state index is 6.44. The number of methoxy groups -OCH3 is 1. The highest BCUT2D eigenvalue weighted by molar-refractivity contribution is 6.07. The average molecular weight is 377 g/mol. The van der Waals surface area contributed by atoms with Crippen LogP contribution in [0.25, 0.3) is 5.65 Å². The number of nitrogens with two attached hydrogens (primary N) is 1. The molecule has 2 atom stereocenters. The number of rotatable bonds is 6. The quantitative estimate of drug-likeness (QED) is 0.661. The van der Waals surface area contributed by atoms with Crippen molar-refractivity contribution in [3.63, 3.8) is 0 Å². The fourth-order valence-electron chi connectivity index (χ4n) is 3.37. The first-order chi connectivity index (χ1) is 13.6. The molecule has 28 heavy (non-hydrogen) atoms. The summed E-state index contributed by atoms with van der Waals surface area (Å²) in [6.45, 7) is 4.51. The van der Waals surface area contributed by atoms with Crippen molar-refractivity contribution in [2.45, 2.75) is 26.2 Å². The molecule has 0 bridgehead atoms. The fourth-order valence-corrected chi connectivity index (χ4v) is 3.37. The largest absolute Gasteiger partial charge is 0.481 e. The summed E-state index contributed by atoms with van der Waals surface area (Å²) in [5.41, 5.74) is 10.7. The van der Waals surface area contributed by atoms with Crippen LogP contribution in [-0.2, 0) is 0 Å². The van der Waals surface area contributed by atoms with E-state index in [0.717, 1.165) is 29.3 Å². The molecule has 2 N–H and O–H groups in total. The minimum Gasteiger partial charge on any atom is -0.481 e. The second-order valence-electron chi connectivity index (χ2n) is 6.82. The SMILES string of the molecule is CCN=C(/C=C(\N)C1CC1c1ccnc(OC)c1)c1ccc2nnc(C)n2n1. The van der Waals surface area contributed by atoms with Gasteiger partial charge in [0.1, 0.15) is 5.69 Å².